The summed E-state index contributed by atoms with van der Waals surface area (Å²) in [6.45, 7) is 1.02. The molecular formula is C15H23N5. The van der Waals surface area contributed by atoms with Crippen molar-refractivity contribution in [2.75, 3.05) is 17.6 Å². The molecule has 0 spiro atoms. The minimum absolute atomic E-state index is 0.420. The molecule has 0 amide bonds. The molecule has 1 aromatic rings. The van der Waals surface area contributed by atoms with Gasteiger partial charge in [-0.15, -0.1) is 5.10 Å². The first-order valence-electron chi connectivity index (χ1n) is 8.18. The molecule has 1 aliphatic heterocycles. The van der Waals surface area contributed by atoms with Gasteiger partial charge in [-0.3, -0.25) is 0 Å². The minimum atomic E-state index is 0.420. The molecule has 5 aliphatic rings. The van der Waals surface area contributed by atoms with Crippen molar-refractivity contribution in [2.24, 2.45) is 23.2 Å². The third-order valence-electron chi connectivity index (χ3n) is 6.44. The Balaban J connectivity index is 1.57. The number of hydrogen-bond acceptors (Lipinski definition) is 4. The highest BCUT2D eigenvalue weighted by molar-refractivity contribution is 5.34. The van der Waals surface area contributed by atoms with Gasteiger partial charge in [-0.05, 0) is 68.1 Å². The molecule has 4 aliphatic carbocycles. The van der Waals surface area contributed by atoms with Crippen molar-refractivity contribution < 1.29 is 0 Å². The van der Waals surface area contributed by atoms with Gasteiger partial charge in [0.1, 0.15) is 0 Å². The summed E-state index contributed by atoms with van der Waals surface area (Å²) in [5.74, 6) is 4.28. The predicted octanol–water partition coefficient (Wildman–Crippen LogP) is 2.43. The molecule has 4 saturated carbocycles. The Morgan fingerprint density at radius 3 is 2.40 bits per heavy atom. The Hall–Kier alpha value is -1.26. The molecular weight excluding hydrogens is 250 g/mol. The monoisotopic (exact) mass is 273 g/mol. The summed E-state index contributed by atoms with van der Waals surface area (Å²) in [5, 5.41) is 7.87. The Labute approximate surface area is 119 Å². The molecule has 0 saturated heterocycles. The van der Waals surface area contributed by atoms with Crippen LogP contribution in [-0.4, -0.2) is 21.3 Å². The average molecular weight is 273 g/mol. The van der Waals surface area contributed by atoms with E-state index in [1.807, 2.05) is 0 Å². The van der Waals surface area contributed by atoms with Crippen molar-refractivity contribution in [3.05, 3.63) is 0 Å². The number of hydrogen-bond donors (Lipinski definition) is 2. The van der Waals surface area contributed by atoms with Crippen molar-refractivity contribution in [3.8, 4) is 0 Å². The first kappa shape index (κ1) is 11.4. The summed E-state index contributed by atoms with van der Waals surface area (Å²) in [7, 11) is 0. The van der Waals surface area contributed by atoms with Crippen molar-refractivity contribution in [3.63, 3.8) is 0 Å². The lowest BCUT2D eigenvalue weighted by Crippen LogP contribution is -2.51. The molecule has 1 aromatic heterocycles. The number of anilines is 2. The van der Waals surface area contributed by atoms with Gasteiger partial charge in [-0.1, -0.05) is 0 Å². The second-order valence-electron chi connectivity index (χ2n) is 7.75. The molecule has 108 valence electrons. The van der Waals surface area contributed by atoms with Crippen LogP contribution in [-0.2, 0) is 0 Å². The molecule has 0 aromatic carbocycles. The van der Waals surface area contributed by atoms with Crippen molar-refractivity contribution in [1.82, 2.24) is 14.8 Å². The van der Waals surface area contributed by atoms with Gasteiger partial charge >= 0.3 is 0 Å². The molecule has 5 heteroatoms. The van der Waals surface area contributed by atoms with Crippen LogP contribution < -0.4 is 11.1 Å². The van der Waals surface area contributed by atoms with E-state index in [2.05, 4.69) is 20.1 Å². The van der Waals surface area contributed by atoms with E-state index in [1.165, 1.54) is 44.9 Å². The predicted molar refractivity (Wildman–Crippen MR) is 77.2 cm³/mol. The molecule has 0 radical (unpaired) electrons. The zero-order valence-corrected chi connectivity index (χ0v) is 11.9. The quantitative estimate of drug-likeness (QED) is 0.824. The molecule has 6 rings (SSSR count). The lowest BCUT2D eigenvalue weighted by atomic mass is 9.47. The van der Waals surface area contributed by atoms with Crippen LogP contribution >= 0.6 is 0 Å². The second kappa shape index (κ2) is 3.68. The largest absolute Gasteiger partial charge is 0.366 e. The van der Waals surface area contributed by atoms with E-state index in [4.69, 9.17) is 5.73 Å². The van der Waals surface area contributed by atoms with E-state index < -0.39 is 0 Å². The van der Waals surface area contributed by atoms with Gasteiger partial charge in [0.05, 0.1) is 6.04 Å². The topological polar surface area (TPSA) is 68.8 Å². The van der Waals surface area contributed by atoms with Gasteiger partial charge in [-0.2, -0.15) is 4.98 Å². The summed E-state index contributed by atoms with van der Waals surface area (Å²) >= 11 is 0. The van der Waals surface area contributed by atoms with E-state index in [1.54, 1.807) is 0 Å². The fraction of sp³-hybridized carbons (Fsp3) is 0.867. The standard InChI is InChI=1S/C15H23N5/c16-13-18-14-17-2-1-12(20(14)19-13)15-6-9-3-10(7-15)5-11(4-9)8-15/h9-12H,1-8H2,(H3,16,17,18,19). The number of nitrogens with two attached hydrogens (primary N) is 1. The first-order valence-corrected chi connectivity index (χ1v) is 8.18. The highest BCUT2D eigenvalue weighted by Gasteiger charge is 2.55. The van der Waals surface area contributed by atoms with Crippen LogP contribution in [0, 0.1) is 23.2 Å². The minimum Gasteiger partial charge on any atom is -0.366 e. The van der Waals surface area contributed by atoms with Crippen LogP contribution in [0.4, 0.5) is 11.9 Å². The van der Waals surface area contributed by atoms with E-state index in [0.29, 0.717) is 17.4 Å². The number of nitrogens with one attached hydrogen (secondary N) is 1. The van der Waals surface area contributed by atoms with Crippen molar-refractivity contribution in [1.29, 1.82) is 0 Å². The van der Waals surface area contributed by atoms with Crippen LogP contribution in [0.5, 0.6) is 0 Å². The maximum atomic E-state index is 5.83. The average Bonchev–Trinajstić information content (AvgIpc) is 2.76. The number of nitrogens with zero attached hydrogens (tertiary/aromatic N) is 3. The van der Waals surface area contributed by atoms with E-state index in [-0.39, 0.29) is 0 Å². The SMILES string of the molecule is Nc1nc2n(n1)C(C13CC4CC(CC(C4)C1)C3)CCN2. The normalized spacial score (nSPS) is 45.2. The number of nitrogen functional groups attached to an aromatic ring is 1. The van der Waals surface area contributed by atoms with E-state index in [9.17, 15) is 0 Å². The van der Waals surface area contributed by atoms with Crippen LogP contribution in [0.1, 0.15) is 51.0 Å². The highest BCUT2D eigenvalue weighted by Crippen LogP contribution is 2.64. The van der Waals surface area contributed by atoms with Crippen LogP contribution in [0.2, 0.25) is 0 Å². The Morgan fingerprint density at radius 2 is 1.75 bits per heavy atom. The number of fused-ring (bicyclic) bond motifs is 1. The summed E-state index contributed by atoms with van der Waals surface area (Å²) in [6.07, 6.45) is 9.93. The van der Waals surface area contributed by atoms with Gasteiger partial charge < -0.3 is 11.1 Å². The second-order valence-corrected chi connectivity index (χ2v) is 7.75. The summed E-state index contributed by atoms with van der Waals surface area (Å²) in [4.78, 5) is 4.35. The van der Waals surface area contributed by atoms with Crippen LogP contribution in [0.3, 0.4) is 0 Å². The third-order valence-corrected chi connectivity index (χ3v) is 6.44. The van der Waals surface area contributed by atoms with Gasteiger partial charge in [-0.25, -0.2) is 4.68 Å². The number of rotatable bonds is 1. The van der Waals surface area contributed by atoms with E-state index >= 15 is 0 Å². The number of aromatic nitrogens is 3. The molecule has 4 bridgehead atoms. The third kappa shape index (κ3) is 1.44. The fourth-order valence-electron chi connectivity index (χ4n) is 6.27. The molecule has 1 unspecified atom stereocenters. The smallest absolute Gasteiger partial charge is 0.241 e. The van der Waals surface area contributed by atoms with Gasteiger partial charge in [0.2, 0.25) is 11.9 Å². The molecule has 1 atom stereocenters. The maximum absolute atomic E-state index is 5.83. The summed E-state index contributed by atoms with van der Waals surface area (Å²) < 4.78 is 2.13. The molecule has 5 nitrogen and oxygen atoms in total. The Bertz CT molecular complexity index is 513. The maximum Gasteiger partial charge on any atom is 0.241 e. The van der Waals surface area contributed by atoms with Gasteiger partial charge in [0.15, 0.2) is 0 Å². The van der Waals surface area contributed by atoms with Crippen LogP contribution in [0.25, 0.3) is 0 Å². The highest BCUT2D eigenvalue weighted by atomic mass is 15.4. The summed E-state index contributed by atoms with van der Waals surface area (Å²) in [6, 6.07) is 0.525. The molecule has 3 N–H and O–H groups in total. The van der Waals surface area contributed by atoms with Gasteiger partial charge in [0, 0.05) is 6.54 Å². The van der Waals surface area contributed by atoms with Crippen LogP contribution in [0.15, 0.2) is 0 Å². The Morgan fingerprint density at radius 1 is 1.10 bits per heavy atom. The molecule has 20 heavy (non-hydrogen) atoms. The van der Waals surface area contributed by atoms with Crippen molar-refractivity contribution in [2.45, 2.75) is 51.0 Å². The van der Waals surface area contributed by atoms with Crippen molar-refractivity contribution >= 4 is 11.9 Å². The van der Waals surface area contributed by atoms with E-state index in [0.717, 1.165) is 30.2 Å². The molecule has 4 fully saturated rings. The fourth-order valence-corrected chi connectivity index (χ4v) is 6.27. The van der Waals surface area contributed by atoms with Gasteiger partial charge in [0.25, 0.3) is 0 Å². The lowest BCUT2D eigenvalue weighted by molar-refractivity contribution is -0.0868. The Kier molecular flexibility index (Phi) is 2.10. The summed E-state index contributed by atoms with van der Waals surface area (Å²) in [5.41, 5.74) is 6.32. The zero-order valence-electron chi connectivity index (χ0n) is 11.9. The lowest BCUT2D eigenvalue weighted by Gasteiger charge is -2.59. The zero-order chi connectivity index (χ0) is 13.3. The first-order chi connectivity index (χ1) is 9.72. The molecule has 2 heterocycles.